The second kappa shape index (κ2) is 7.00. The normalized spacial score (nSPS) is 15.9. The zero-order chi connectivity index (χ0) is 16.4. The highest BCUT2D eigenvalue weighted by atomic mass is 127. The molecule has 3 rings (SSSR count). The Morgan fingerprint density at radius 2 is 1.91 bits per heavy atom. The van der Waals surface area contributed by atoms with Gasteiger partial charge in [0.05, 0.1) is 3.57 Å². The molecule has 1 amide bonds. The van der Waals surface area contributed by atoms with Crippen LogP contribution >= 0.6 is 22.6 Å². The van der Waals surface area contributed by atoms with Crippen LogP contribution in [0.25, 0.3) is 0 Å². The van der Waals surface area contributed by atoms with E-state index in [1.165, 1.54) is 11.1 Å². The fourth-order valence-electron chi connectivity index (χ4n) is 2.89. The second-order valence-electron chi connectivity index (χ2n) is 5.99. The monoisotopic (exact) mass is 424 g/mol. The van der Waals surface area contributed by atoms with E-state index in [0.717, 1.165) is 36.3 Å². The quantitative estimate of drug-likeness (QED) is 0.711. The topological polar surface area (TPSA) is 41.4 Å². The number of carbonyl (C=O) groups is 1. The van der Waals surface area contributed by atoms with Crippen molar-refractivity contribution in [1.82, 2.24) is 19.6 Å². The van der Waals surface area contributed by atoms with Crippen molar-refractivity contribution in [2.75, 3.05) is 26.2 Å². The smallest absolute Gasteiger partial charge is 0.275 e. The number of carbonyl (C=O) groups excluding carboxylic acids is 1. The van der Waals surface area contributed by atoms with Crippen molar-refractivity contribution in [3.8, 4) is 0 Å². The van der Waals surface area contributed by atoms with Crippen LogP contribution < -0.4 is 0 Å². The SMILES string of the molecule is Cc1ccccc1CN1CCN(C(=O)c2nn(C)cc2I)CC1. The summed E-state index contributed by atoms with van der Waals surface area (Å²) in [4.78, 5) is 16.9. The largest absolute Gasteiger partial charge is 0.335 e. The van der Waals surface area contributed by atoms with Gasteiger partial charge in [0, 0.05) is 46.0 Å². The first kappa shape index (κ1) is 16.4. The Morgan fingerprint density at radius 3 is 2.52 bits per heavy atom. The van der Waals surface area contributed by atoms with Crippen molar-refractivity contribution >= 4 is 28.5 Å². The summed E-state index contributed by atoms with van der Waals surface area (Å²) in [5.74, 6) is 0.0468. The number of benzene rings is 1. The van der Waals surface area contributed by atoms with Crippen LogP contribution in [0, 0.1) is 10.5 Å². The lowest BCUT2D eigenvalue weighted by atomic mass is 10.1. The van der Waals surface area contributed by atoms with E-state index in [9.17, 15) is 4.79 Å². The average molecular weight is 424 g/mol. The molecule has 2 heterocycles. The predicted molar refractivity (Wildman–Crippen MR) is 98.3 cm³/mol. The standard InChI is InChI=1S/C17H21IN4O/c1-13-5-3-4-6-14(13)11-21-7-9-22(10-8-21)17(23)16-15(18)12-20(2)19-16/h3-6,12H,7-11H2,1-2H3. The van der Waals surface area contributed by atoms with Gasteiger partial charge in [-0.1, -0.05) is 24.3 Å². The number of nitrogens with zero attached hydrogens (tertiary/aromatic N) is 4. The molecular formula is C17H21IN4O. The molecule has 23 heavy (non-hydrogen) atoms. The zero-order valence-electron chi connectivity index (χ0n) is 13.5. The molecule has 0 spiro atoms. The van der Waals surface area contributed by atoms with Gasteiger partial charge in [-0.15, -0.1) is 0 Å². The highest BCUT2D eigenvalue weighted by molar-refractivity contribution is 14.1. The Balaban J connectivity index is 1.59. The Kier molecular flexibility index (Phi) is 5.01. The van der Waals surface area contributed by atoms with Crippen LogP contribution in [0.5, 0.6) is 0 Å². The molecule has 1 fully saturated rings. The van der Waals surface area contributed by atoms with Gasteiger partial charge in [-0.05, 0) is 40.6 Å². The van der Waals surface area contributed by atoms with Gasteiger partial charge in [-0.2, -0.15) is 5.10 Å². The molecule has 2 aromatic rings. The van der Waals surface area contributed by atoms with Crippen molar-refractivity contribution in [2.45, 2.75) is 13.5 Å². The molecule has 0 radical (unpaired) electrons. The maximum Gasteiger partial charge on any atom is 0.275 e. The van der Waals surface area contributed by atoms with Gasteiger partial charge in [0.2, 0.25) is 0 Å². The summed E-state index contributed by atoms with van der Waals surface area (Å²) in [7, 11) is 1.85. The number of piperazine rings is 1. The summed E-state index contributed by atoms with van der Waals surface area (Å²) in [6.07, 6.45) is 1.88. The van der Waals surface area contributed by atoms with E-state index in [-0.39, 0.29) is 5.91 Å². The highest BCUT2D eigenvalue weighted by Gasteiger charge is 2.25. The molecule has 5 nitrogen and oxygen atoms in total. The molecule has 1 aliphatic rings. The molecule has 0 bridgehead atoms. The third kappa shape index (κ3) is 3.74. The van der Waals surface area contributed by atoms with Crippen molar-refractivity contribution in [3.63, 3.8) is 0 Å². The summed E-state index contributed by atoms with van der Waals surface area (Å²) in [6, 6.07) is 8.50. The van der Waals surface area contributed by atoms with E-state index < -0.39 is 0 Å². The first-order valence-corrected chi connectivity index (χ1v) is 8.88. The van der Waals surface area contributed by atoms with E-state index in [1.54, 1.807) is 4.68 Å². The van der Waals surface area contributed by atoms with E-state index >= 15 is 0 Å². The number of aryl methyl sites for hydroxylation is 2. The minimum Gasteiger partial charge on any atom is -0.335 e. The third-order valence-corrected chi connectivity index (χ3v) is 5.09. The summed E-state index contributed by atoms with van der Waals surface area (Å²) in [5, 5.41) is 4.29. The van der Waals surface area contributed by atoms with Crippen LogP contribution in [0.3, 0.4) is 0 Å². The highest BCUT2D eigenvalue weighted by Crippen LogP contribution is 2.16. The fraction of sp³-hybridized carbons (Fsp3) is 0.412. The first-order chi connectivity index (χ1) is 11.0. The van der Waals surface area contributed by atoms with E-state index in [2.05, 4.69) is 63.8 Å². The molecule has 0 atom stereocenters. The van der Waals surface area contributed by atoms with E-state index in [0.29, 0.717) is 5.69 Å². The summed E-state index contributed by atoms with van der Waals surface area (Å²) in [5.41, 5.74) is 3.26. The number of amides is 1. The molecule has 122 valence electrons. The van der Waals surface area contributed by atoms with Crippen LogP contribution in [0.1, 0.15) is 21.6 Å². The molecule has 1 aromatic heterocycles. The van der Waals surface area contributed by atoms with Gasteiger partial charge in [0.25, 0.3) is 5.91 Å². The number of aromatic nitrogens is 2. The van der Waals surface area contributed by atoms with Gasteiger partial charge in [-0.3, -0.25) is 14.4 Å². The summed E-state index contributed by atoms with van der Waals surface area (Å²) in [6.45, 7) is 6.44. The molecule has 1 aliphatic heterocycles. The van der Waals surface area contributed by atoms with E-state index in [4.69, 9.17) is 0 Å². The second-order valence-corrected chi connectivity index (χ2v) is 7.16. The predicted octanol–water partition coefficient (Wildman–Crippen LogP) is 2.29. The van der Waals surface area contributed by atoms with Crippen LogP contribution in [0.15, 0.2) is 30.5 Å². The number of hydrogen-bond donors (Lipinski definition) is 0. The van der Waals surface area contributed by atoms with Gasteiger partial charge in [0.15, 0.2) is 5.69 Å². The molecule has 0 unspecified atom stereocenters. The van der Waals surface area contributed by atoms with E-state index in [1.807, 2.05) is 18.1 Å². The van der Waals surface area contributed by atoms with Gasteiger partial charge >= 0.3 is 0 Å². The first-order valence-electron chi connectivity index (χ1n) is 7.80. The van der Waals surface area contributed by atoms with Crippen LogP contribution in [0.4, 0.5) is 0 Å². The van der Waals surface area contributed by atoms with Crippen LogP contribution in [0.2, 0.25) is 0 Å². The Hall–Kier alpha value is -1.41. The molecule has 1 aromatic carbocycles. The Labute approximate surface area is 150 Å². The maximum atomic E-state index is 12.6. The van der Waals surface area contributed by atoms with Crippen molar-refractivity contribution in [1.29, 1.82) is 0 Å². The van der Waals surface area contributed by atoms with Gasteiger partial charge in [0.1, 0.15) is 0 Å². The van der Waals surface area contributed by atoms with Gasteiger partial charge < -0.3 is 4.90 Å². The molecule has 1 saturated heterocycles. The number of rotatable bonds is 3. The zero-order valence-corrected chi connectivity index (χ0v) is 15.7. The average Bonchev–Trinajstić information content (AvgIpc) is 2.88. The minimum atomic E-state index is 0.0468. The summed E-state index contributed by atoms with van der Waals surface area (Å²) < 4.78 is 2.61. The maximum absolute atomic E-state index is 12.6. The number of halogens is 1. The molecule has 0 N–H and O–H groups in total. The van der Waals surface area contributed by atoms with Crippen molar-refractivity contribution in [3.05, 3.63) is 50.9 Å². The summed E-state index contributed by atoms with van der Waals surface area (Å²) >= 11 is 2.17. The Bertz CT molecular complexity index is 704. The number of hydrogen-bond acceptors (Lipinski definition) is 3. The molecule has 6 heteroatoms. The molecule has 0 aliphatic carbocycles. The Morgan fingerprint density at radius 1 is 1.22 bits per heavy atom. The fourth-order valence-corrected chi connectivity index (χ4v) is 3.63. The van der Waals surface area contributed by atoms with Crippen molar-refractivity contribution < 1.29 is 4.79 Å². The van der Waals surface area contributed by atoms with Crippen molar-refractivity contribution in [2.24, 2.45) is 7.05 Å². The molecule has 0 saturated carbocycles. The molecular weight excluding hydrogens is 403 g/mol. The minimum absolute atomic E-state index is 0.0468. The van der Waals surface area contributed by atoms with Gasteiger partial charge in [-0.25, -0.2) is 0 Å². The lowest BCUT2D eigenvalue weighted by Crippen LogP contribution is -2.48. The lowest BCUT2D eigenvalue weighted by molar-refractivity contribution is 0.0620. The third-order valence-electron chi connectivity index (χ3n) is 4.30. The lowest BCUT2D eigenvalue weighted by Gasteiger charge is -2.34. The van der Waals surface area contributed by atoms with Crippen LogP contribution in [-0.4, -0.2) is 51.7 Å². The van der Waals surface area contributed by atoms with Crippen LogP contribution in [-0.2, 0) is 13.6 Å².